The van der Waals surface area contributed by atoms with Crippen molar-refractivity contribution < 1.29 is 14.4 Å². The largest absolute Gasteiger partial charge is 0.354 e. The van der Waals surface area contributed by atoms with Gasteiger partial charge in [-0.3, -0.25) is 14.4 Å². The summed E-state index contributed by atoms with van der Waals surface area (Å²) in [7, 11) is 0. The summed E-state index contributed by atoms with van der Waals surface area (Å²) >= 11 is 1.50. The molecule has 20 heavy (non-hydrogen) atoms. The van der Waals surface area contributed by atoms with Crippen molar-refractivity contribution in [2.45, 2.75) is 18.6 Å². The fourth-order valence-corrected chi connectivity index (χ4v) is 2.89. The van der Waals surface area contributed by atoms with Gasteiger partial charge in [-0.25, -0.2) is 0 Å². The molecule has 0 bridgehead atoms. The number of ketones is 1. The number of carbonyl (C=O) groups is 3. The SMILES string of the molecule is CC(=O)c1ccc(NC(=O)CC2SCCNC2=O)cc1. The Hall–Kier alpha value is -1.82. The second-order valence-electron chi connectivity index (χ2n) is 4.54. The normalized spacial score (nSPS) is 18.2. The maximum absolute atomic E-state index is 11.9. The van der Waals surface area contributed by atoms with Crippen LogP contribution in [0.4, 0.5) is 5.69 Å². The molecule has 1 aromatic rings. The number of rotatable bonds is 4. The molecule has 0 saturated carbocycles. The zero-order valence-corrected chi connectivity index (χ0v) is 12.0. The third kappa shape index (κ3) is 3.84. The van der Waals surface area contributed by atoms with E-state index in [-0.39, 0.29) is 29.3 Å². The number of nitrogens with one attached hydrogen (secondary N) is 2. The molecule has 1 heterocycles. The van der Waals surface area contributed by atoms with Crippen molar-refractivity contribution in [1.29, 1.82) is 0 Å². The van der Waals surface area contributed by atoms with Crippen molar-refractivity contribution in [1.82, 2.24) is 5.32 Å². The molecule has 1 atom stereocenters. The first-order valence-corrected chi connectivity index (χ1v) is 7.41. The Labute approximate surface area is 121 Å². The summed E-state index contributed by atoms with van der Waals surface area (Å²) in [5.41, 5.74) is 1.23. The Kier molecular flexibility index (Phi) is 4.79. The summed E-state index contributed by atoms with van der Waals surface area (Å²) in [5, 5.41) is 5.16. The van der Waals surface area contributed by atoms with E-state index in [1.54, 1.807) is 24.3 Å². The molecule has 1 saturated heterocycles. The first kappa shape index (κ1) is 14.6. The molecule has 106 valence electrons. The molecule has 1 fully saturated rings. The zero-order valence-electron chi connectivity index (χ0n) is 11.1. The fourth-order valence-electron chi connectivity index (χ4n) is 1.89. The van der Waals surface area contributed by atoms with Gasteiger partial charge in [-0.1, -0.05) is 0 Å². The van der Waals surface area contributed by atoms with E-state index in [1.165, 1.54) is 18.7 Å². The molecule has 1 unspecified atom stereocenters. The van der Waals surface area contributed by atoms with Gasteiger partial charge in [0.25, 0.3) is 0 Å². The Morgan fingerprint density at radius 1 is 1.35 bits per heavy atom. The first-order valence-electron chi connectivity index (χ1n) is 6.36. The molecular formula is C14H16N2O3S. The van der Waals surface area contributed by atoms with E-state index in [2.05, 4.69) is 10.6 Å². The maximum atomic E-state index is 11.9. The van der Waals surface area contributed by atoms with Crippen LogP contribution in [0.25, 0.3) is 0 Å². The summed E-state index contributed by atoms with van der Waals surface area (Å²) in [6, 6.07) is 6.70. The van der Waals surface area contributed by atoms with Gasteiger partial charge in [-0.15, -0.1) is 11.8 Å². The molecule has 0 aromatic heterocycles. The van der Waals surface area contributed by atoms with Crippen molar-refractivity contribution >= 4 is 35.0 Å². The summed E-state index contributed by atoms with van der Waals surface area (Å²) in [5.74, 6) is 0.536. The van der Waals surface area contributed by atoms with Crippen molar-refractivity contribution in [3.05, 3.63) is 29.8 Å². The van der Waals surface area contributed by atoms with Gasteiger partial charge < -0.3 is 10.6 Å². The zero-order chi connectivity index (χ0) is 14.5. The van der Waals surface area contributed by atoms with Crippen LogP contribution in [0, 0.1) is 0 Å². The van der Waals surface area contributed by atoms with E-state index in [1.807, 2.05) is 0 Å². The van der Waals surface area contributed by atoms with Crippen LogP contribution >= 0.6 is 11.8 Å². The van der Waals surface area contributed by atoms with Gasteiger partial charge in [-0.2, -0.15) is 0 Å². The molecule has 2 rings (SSSR count). The van der Waals surface area contributed by atoms with Crippen LogP contribution < -0.4 is 10.6 Å². The molecule has 0 aliphatic carbocycles. The predicted octanol–water partition coefficient (Wildman–Crippen LogP) is 1.45. The van der Waals surface area contributed by atoms with E-state index in [9.17, 15) is 14.4 Å². The molecular weight excluding hydrogens is 276 g/mol. The minimum Gasteiger partial charge on any atom is -0.354 e. The summed E-state index contributed by atoms with van der Waals surface area (Å²) in [6.45, 7) is 2.15. The molecule has 0 radical (unpaired) electrons. The number of thioether (sulfide) groups is 1. The highest BCUT2D eigenvalue weighted by Gasteiger charge is 2.25. The smallest absolute Gasteiger partial charge is 0.233 e. The number of anilines is 1. The van der Waals surface area contributed by atoms with E-state index in [0.717, 1.165) is 5.75 Å². The van der Waals surface area contributed by atoms with Crippen LogP contribution in [-0.4, -0.2) is 35.1 Å². The molecule has 5 nitrogen and oxygen atoms in total. The average Bonchev–Trinajstić information content (AvgIpc) is 2.42. The van der Waals surface area contributed by atoms with Crippen LogP contribution in [0.2, 0.25) is 0 Å². The highest BCUT2D eigenvalue weighted by Crippen LogP contribution is 2.19. The number of carbonyl (C=O) groups excluding carboxylic acids is 3. The van der Waals surface area contributed by atoms with Crippen LogP contribution in [0.1, 0.15) is 23.7 Å². The molecule has 0 spiro atoms. The second-order valence-corrected chi connectivity index (χ2v) is 5.85. The standard InChI is InChI=1S/C14H16N2O3S/c1-9(17)10-2-4-11(5-3-10)16-13(18)8-12-14(19)15-6-7-20-12/h2-5,12H,6-8H2,1H3,(H,15,19)(H,16,18). The average molecular weight is 292 g/mol. The van der Waals surface area contributed by atoms with E-state index in [4.69, 9.17) is 0 Å². The van der Waals surface area contributed by atoms with E-state index in [0.29, 0.717) is 17.8 Å². The third-order valence-electron chi connectivity index (χ3n) is 2.96. The molecule has 1 aliphatic heterocycles. The summed E-state index contributed by atoms with van der Waals surface area (Å²) < 4.78 is 0. The lowest BCUT2D eigenvalue weighted by Crippen LogP contribution is -2.40. The van der Waals surface area contributed by atoms with Crippen LogP contribution in [-0.2, 0) is 9.59 Å². The maximum Gasteiger partial charge on any atom is 0.233 e. The van der Waals surface area contributed by atoms with Crippen LogP contribution in [0.5, 0.6) is 0 Å². The highest BCUT2D eigenvalue weighted by molar-refractivity contribution is 8.00. The number of hydrogen-bond acceptors (Lipinski definition) is 4. The topological polar surface area (TPSA) is 75.3 Å². The first-order chi connectivity index (χ1) is 9.56. The lowest BCUT2D eigenvalue weighted by Gasteiger charge is -2.20. The molecule has 2 amide bonds. The van der Waals surface area contributed by atoms with Gasteiger partial charge in [0.2, 0.25) is 11.8 Å². The van der Waals surface area contributed by atoms with Crippen molar-refractivity contribution in [2.75, 3.05) is 17.6 Å². The summed E-state index contributed by atoms with van der Waals surface area (Å²) in [4.78, 5) is 34.6. The van der Waals surface area contributed by atoms with Gasteiger partial charge in [0.15, 0.2) is 5.78 Å². The van der Waals surface area contributed by atoms with E-state index >= 15 is 0 Å². The second kappa shape index (κ2) is 6.56. The van der Waals surface area contributed by atoms with Crippen molar-refractivity contribution in [3.8, 4) is 0 Å². The number of amides is 2. The molecule has 1 aromatic carbocycles. The van der Waals surface area contributed by atoms with E-state index < -0.39 is 0 Å². The molecule has 1 aliphatic rings. The fraction of sp³-hybridized carbons (Fsp3) is 0.357. The van der Waals surface area contributed by atoms with Gasteiger partial charge in [0.1, 0.15) is 0 Å². The van der Waals surface area contributed by atoms with Gasteiger partial charge >= 0.3 is 0 Å². The minimum atomic E-state index is -0.319. The van der Waals surface area contributed by atoms with Gasteiger partial charge in [0, 0.05) is 30.0 Å². The molecule has 6 heteroatoms. The Morgan fingerprint density at radius 3 is 2.65 bits per heavy atom. The summed E-state index contributed by atoms with van der Waals surface area (Å²) in [6.07, 6.45) is 0.158. The third-order valence-corrected chi connectivity index (χ3v) is 4.18. The highest BCUT2D eigenvalue weighted by atomic mass is 32.2. The van der Waals surface area contributed by atoms with Crippen molar-refractivity contribution in [3.63, 3.8) is 0 Å². The number of hydrogen-bond donors (Lipinski definition) is 2. The van der Waals surface area contributed by atoms with Crippen molar-refractivity contribution in [2.24, 2.45) is 0 Å². The minimum absolute atomic E-state index is 0.0156. The molecule has 2 N–H and O–H groups in total. The van der Waals surface area contributed by atoms with Crippen LogP contribution in [0.3, 0.4) is 0 Å². The predicted molar refractivity (Wildman–Crippen MR) is 78.9 cm³/mol. The lowest BCUT2D eigenvalue weighted by molar-refractivity contribution is -0.123. The number of benzene rings is 1. The Bertz CT molecular complexity index is 528. The Balaban J connectivity index is 1.90. The number of Topliss-reactive ketones (excluding diaryl/α,β-unsaturated/α-hetero) is 1. The lowest BCUT2D eigenvalue weighted by atomic mass is 10.1. The van der Waals surface area contributed by atoms with Gasteiger partial charge in [0.05, 0.1) is 5.25 Å². The van der Waals surface area contributed by atoms with Gasteiger partial charge in [-0.05, 0) is 31.2 Å². The van der Waals surface area contributed by atoms with Crippen LogP contribution in [0.15, 0.2) is 24.3 Å². The quantitative estimate of drug-likeness (QED) is 0.824. The Morgan fingerprint density at radius 2 is 2.05 bits per heavy atom. The monoisotopic (exact) mass is 292 g/mol.